The largest absolute Gasteiger partial charge is 0.370 e. The molecule has 0 amide bonds. The second kappa shape index (κ2) is 6.42. The molecule has 2 heterocycles. The van der Waals surface area contributed by atoms with E-state index >= 15 is 0 Å². The Morgan fingerprint density at radius 1 is 1.30 bits per heavy atom. The van der Waals surface area contributed by atoms with E-state index in [2.05, 4.69) is 55.9 Å². The maximum Gasteiger partial charge on any atom is 0.135 e. The van der Waals surface area contributed by atoms with Gasteiger partial charge in [-0.2, -0.15) is 0 Å². The van der Waals surface area contributed by atoms with Gasteiger partial charge in [-0.05, 0) is 25.2 Å². The lowest BCUT2D eigenvalue weighted by Gasteiger charge is -2.36. The van der Waals surface area contributed by atoms with Crippen molar-refractivity contribution >= 4 is 11.6 Å². The summed E-state index contributed by atoms with van der Waals surface area (Å²) >= 11 is 0. The molecule has 1 saturated heterocycles. The number of nitrogens with zero attached hydrogens (tertiary/aromatic N) is 3. The van der Waals surface area contributed by atoms with Crippen molar-refractivity contribution in [2.24, 2.45) is 11.8 Å². The Morgan fingerprint density at radius 3 is 2.65 bits per heavy atom. The summed E-state index contributed by atoms with van der Waals surface area (Å²) in [5.41, 5.74) is 0. The predicted molar refractivity (Wildman–Crippen MR) is 85.4 cm³/mol. The third-order valence-corrected chi connectivity index (χ3v) is 4.26. The molecule has 2 rings (SSSR count). The summed E-state index contributed by atoms with van der Waals surface area (Å²) in [6, 6.07) is 2.10. The summed E-state index contributed by atoms with van der Waals surface area (Å²) < 4.78 is 0. The number of rotatable bonds is 4. The summed E-state index contributed by atoms with van der Waals surface area (Å²) in [5, 5.41) is 3.32. The molecule has 4 heteroatoms. The molecule has 1 aromatic rings. The molecule has 2 atom stereocenters. The topological polar surface area (TPSA) is 41.0 Å². The van der Waals surface area contributed by atoms with Crippen LogP contribution in [0.3, 0.4) is 0 Å². The van der Waals surface area contributed by atoms with Gasteiger partial charge in [-0.25, -0.2) is 9.97 Å². The molecule has 0 aromatic carbocycles. The van der Waals surface area contributed by atoms with Crippen molar-refractivity contribution in [1.29, 1.82) is 0 Å². The van der Waals surface area contributed by atoms with Gasteiger partial charge in [0.15, 0.2) is 0 Å². The molecule has 1 aromatic heterocycles. The van der Waals surface area contributed by atoms with Crippen LogP contribution in [-0.2, 0) is 0 Å². The smallest absolute Gasteiger partial charge is 0.135 e. The molecule has 0 aliphatic carbocycles. The van der Waals surface area contributed by atoms with E-state index in [4.69, 9.17) is 4.98 Å². The quantitative estimate of drug-likeness (QED) is 0.913. The van der Waals surface area contributed by atoms with Crippen LogP contribution in [0.25, 0.3) is 0 Å². The summed E-state index contributed by atoms with van der Waals surface area (Å²) in [7, 11) is 0. The lowest BCUT2D eigenvalue weighted by molar-refractivity contribution is 0.322. The maximum atomic E-state index is 4.77. The number of nitrogens with one attached hydrogen (secondary N) is 1. The first-order chi connectivity index (χ1) is 9.51. The van der Waals surface area contributed by atoms with E-state index in [1.807, 2.05) is 0 Å². The second-order valence-corrected chi connectivity index (χ2v) is 6.34. The molecular formula is C16H28N4. The Labute approximate surface area is 123 Å². The van der Waals surface area contributed by atoms with Gasteiger partial charge in [0, 0.05) is 31.6 Å². The molecule has 20 heavy (non-hydrogen) atoms. The molecule has 1 aliphatic rings. The third kappa shape index (κ3) is 3.41. The molecule has 0 spiro atoms. The normalized spacial score (nSPS) is 23.2. The van der Waals surface area contributed by atoms with Gasteiger partial charge in [0.05, 0.1) is 0 Å². The first-order valence-electron chi connectivity index (χ1n) is 7.89. The van der Waals surface area contributed by atoms with Gasteiger partial charge >= 0.3 is 0 Å². The number of anilines is 2. The predicted octanol–water partition coefficient (Wildman–Crippen LogP) is 3.51. The van der Waals surface area contributed by atoms with Crippen LogP contribution < -0.4 is 10.2 Å². The highest BCUT2D eigenvalue weighted by Crippen LogP contribution is 2.27. The van der Waals surface area contributed by atoms with E-state index in [9.17, 15) is 0 Å². The second-order valence-electron chi connectivity index (χ2n) is 6.34. The van der Waals surface area contributed by atoms with Crippen molar-refractivity contribution in [3.05, 3.63) is 11.9 Å². The molecule has 0 radical (unpaired) electrons. The molecule has 1 N–H and O–H groups in total. The van der Waals surface area contributed by atoms with Gasteiger partial charge in [-0.1, -0.05) is 27.7 Å². The van der Waals surface area contributed by atoms with Crippen molar-refractivity contribution in [2.45, 2.75) is 47.0 Å². The Kier molecular flexibility index (Phi) is 4.84. The zero-order valence-corrected chi connectivity index (χ0v) is 13.5. The van der Waals surface area contributed by atoms with Gasteiger partial charge < -0.3 is 10.2 Å². The summed E-state index contributed by atoms with van der Waals surface area (Å²) in [6.45, 7) is 14.2. The third-order valence-electron chi connectivity index (χ3n) is 4.26. The maximum absolute atomic E-state index is 4.77. The highest BCUT2D eigenvalue weighted by molar-refractivity contribution is 5.50. The van der Waals surface area contributed by atoms with Crippen LogP contribution in [0, 0.1) is 11.8 Å². The highest BCUT2D eigenvalue weighted by Gasteiger charge is 2.24. The van der Waals surface area contributed by atoms with Crippen molar-refractivity contribution in [3.63, 3.8) is 0 Å². The minimum Gasteiger partial charge on any atom is -0.370 e. The van der Waals surface area contributed by atoms with Crippen LogP contribution in [0.2, 0.25) is 0 Å². The van der Waals surface area contributed by atoms with E-state index in [1.54, 1.807) is 0 Å². The average Bonchev–Trinajstić information content (AvgIpc) is 2.42. The van der Waals surface area contributed by atoms with Gasteiger partial charge in [0.2, 0.25) is 0 Å². The Bertz CT molecular complexity index is 444. The number of hydrogen-bond donors (Lipinski definition) is 1. The molecule has 1 fully saturated rings. The van der Waals surface area contributed by atoms with Crippen LogP contribution in [0.1, 0.15) is 52.8 Å². The standard InChI is InChI=1S/C16H28N4/c1-6-17-14-9-15(19-16(18-14)11(2)3)20-8-7-12(4)13(5)10-20/h9,11-13H,6-8,10H2,1-5H3,(H,17,18,19). The van der Waals surface area contributed by atoms with Gasteiger partial charge in [-0.15, -0.1) is 0 Å². The van der Waals surface area contributed by atoms with E-state index in [-0.39, 0.29) is 0 Å². The van der Waals surface area contributed by atoms with Crippen molar-refractivity contribution in [3.8, 4) is 0 Å². The van der Waals surface area contributed by atoms with Crippen LogP contribution in [0.15, 0.2) is 6.07 Å². The van der Waals surface area contributed by atoms with Crippen molar-refractivity contribution < 1.29 is 0 Å². The molecular weight excluding hydrogens is 248 g/mol. The molecule has 0 bridgehead atoms. The van der Waals surface area contributed by atoms with E-state index < -0.39 is 0 Å². The minimum atomic E-state index is 0.355. The first kappa shape index (κ1) is 15.1. The van der Waals surface area contributed by atoms with Crippen LogP contribution in [0.5, 0.6) is 0 Å². The van der Waals surface area contributed by atoms with Crippen LogP contribution >= 0.6 is 0 Å². The first-order valence-corrected chi connectivity index (χ1v) is 7.89. The van der Waals surface area contributed by atoms with Gasteiger partial charge in [0.1, 0.15) is 17.5 Å². The van der Waals surface area contributed by atoms with Crippen molar-refractivity contribution in [2.75, 3.05) is 29.9 Å². The summed E-state index contributed by atoms with van der Waals surface area (Å²) in [4.78, 5) is 11.8. The van der Waals surface area contributed by atoms with Crippen molar-refractivity contribution in [1.82, 2.24) is 9.97 Å². The van der Waals surface area contributed by atoms with E-state index in [0.717, 1.165) is 48.9 Å². The Morgan fingerprint density at radius 2 is 2.05 bits per heavy atom. The average molecular weight is 276 g/mol. The fourth-order valence-electron chi connectivity index (χ4n) is 2.62. The minimum absolute atomic E-state index is 0.355. The van der Waals surface area contributed by atoms with Crippen LogP contribution in [0.4, 0.5) is 11.6 Å². The lowest BCUT2D eigenvalue weighted by atomic mass is 9.89. The molecule has 1 aliphatic heterocycles. The summed E-state index contributed by atoms with van der Waals surface area (Å²) in [6.07, 6.45) is 1.25. The summed E-state index contributed by atoms with van der Waals surface area (Å²) in [5.74, 6) is 4.86. The molecule has 112 valence electrons. The Balaban J connectivity index is 2.25. The van der Waals surface area contributed by atoms with E-state index in [1.165, 1.54) is 6.42 Å². The van der Waals surface area contributed by atoms with Gasteiger partial charge in [-0.3, -0.25) is 0 Å². The lowest BCUT2D eigenvalue weighted by Crippen LogP contribution is -2.39. The fraction of sp³-hybridized carbons (Fsp3) is 0.750. The number of hydrogen-bond acceptors (Lipinski definition) is 4. The molecule has 2 unspecified atom stereocenters. The zero-order valence-electron chi connectivity index (χ0n) is 13.5. The SMILES string of the molecule is CCNc1cc(N2CCC(C)C(C)C2)nc(C(C)C)n1. The number of piperidine rings is 1. The molecule has 0 saturated carbocycles. The van der Waals surface area contributed by atoms with Gasteiger partial charge in [0.25, 0.3) is 0 Å². The van der Waals surface area contributed by atoms with Crippen LogP contribution in [-0.4, -0.2) is 29.6 Å². The number of aromatic nitrogens is 2. The highest BCUT2D eigenvalue weighted by atomic mass is 15.2. The molecule has 4 nitrogen and oxygen atoms in total. The fourth-order valence-corrected chi connectivity index (χ4v) is 2.62. The zero-order chi connectivity index (χ0) is 14.7. The van der Waals surface area contributed by atoms with E-state index in [0.29, 0.717) is 5.92 Å². The monoisotopic (exact) mass is 276 g/mol. The Hall–Kier alpha value is -1.32.